The maximum atomic E-state index is 12.3. The van der Waals surface area contributed by atoms with Crippen molar-refractivity contribution >= 4 is 21.9 Å². The van der Waals surface area contributed by atoms with Crippen molar-refractivity contribution in [3.05, 3.63) is 65.2 Å². The van der Waals surface area contributed by atoms with E-state index in [0.29, 0.717) is 16.7 Å². The molecule has 0 aliphatic rings. The fourth-order valence-corrected chi connectivity index (χ4v) is 3.57. The maximum absolute atomic E-state index is 12.3. The first-order valence-corrected chi connectivity index (χ1v) is 10.7. The third-order valence-corrected chi connectivity index (χ3v) is 5.56. The summed E-state index contributed by atoms with van der Waals surface area (Å²) >= 11 is 0. The average Bonchev–Trinajstić information content (AvgIpc) is 2.78. The van der Waals surface area contributed by atoms with E-state index in [2.05, 4.69) is 10.0 Å². The molecule has 2 N–H and O–H groups in total. The SMILES string of the molecule is CCOC(=O)C(Cc1ccc(C#N)cc1)NC(=O)CNS(=O)(=O)c1ccc(C#N)cc1. The van der Waals surface area contributed by atoms with E-state index in [1.165, 1.54) is 24.3 Å². The Hall–Kier alpha value is -3.73. The van der Waals surface area contributed by atoms with Gasteiger partial charge in [0, 0.05) is 6.42 Å². The zero-order valence-electron chi connectivity index (χ0n) is 16.7. The fraction of sp³-hybridized carbons (Fsp3) is 0.238. The first-order valence-electron chi connectivity index (χ1n) is 9.24. The molecule has 160 valence electrons. The summed E-state index contributed by atoms with van der Waals surface area (Å²) in [7, 11) is -3.98. The van der Waals surface area contributed by atoms with E-state index < -0.39 is 34.5 Å². The van der Waals surface area contributed by atoms with Crippen LogP contribution in [-0.4, -0.2) is 39.5 Å². The van der Waals surface area contributed by atoms with E-state index in [-0.39, 0.29) is 17.9 Å². The Morgan fingerprint density at radius 3 is 2.06 bits per heavy atom. The molecule has 0 saturated carbocycles. The van der Waals surface area contributed by atoms with Gasteiger partial charge in [-0.2, -0.15) is 10.5 Å². The van der Waals surface area contributed by atoms with Crippen LogP contribution in [0.1, 0.15) is 23.6 Å². The molecule has 0 aromatic heterocycles. The van der Waals surface area contributed by atoms with Gasteiger partial charge >= 0.3 is 5.97 Å². The van der Waals surface area contributed by atoms with Gasteiger partial charge in [0.15, 0.2) is 0 Å². The third kappa shape index (κ3) is 6.93. The second-order valence-electron chi connectivity index (χ2n) is 6.35. The monoisotopic (exact) mass is 440 g/mol. The number of carbonyl (C=O) groups excluding carboxylic acids is 2. The number of hydrogen-bond donors (Lipinski definition) is 2. The molecule has 0 heterocycles. The summed E-state index contributed by atoms with van der Waals surface area (Å²) in [5.74, 6) is -1.38. The number of carbonyl (C=O) groups is 2. The van der Waals surface area contributed by atoms with Crippen molar-refractivity contribution < 1.29 is 22.7 Å². The molecule has 1 atom stereocenters. The van der Waals surface area contributed by atoms with Crippen molar-refractivity contribution in [2.75, 3.05) is 13.2 Å². The summed E-state index contributed by atoms with van der Waals surface area (Å²) in [4.78, 5) is 24.4. The molecule has 9 nitrogen and oxygen atoms in total. The molecule has 0 aliphatic heterocycles. The highest BCUT2D eigenvalue weighted by molar-refractivity contribution is 7.89. The number of amides is 1. The minimum atomic E-state index is -3.98. The van der Waals surface area contributed by atoms with Crippen LogP contribution in [0, 0.1) is 22.7 Å². The Morgan fingerprint density at radius 1 is 1.00 bits per heavy atom. The Kier molecular flexibility index (Phi) is 8.26. The van der Waals surface area contributed by atoms with E-state index in [9.17, 15) is 18.0 Å². The van der Waals surface area contributed by atoms with Gasteiger partial charge in [0.05, 0.1) is 41.3 Å². The lowest BCUT2D eigenvalue weighted by atomic mass is 10.0. The van der Waals surface area contributed by atoms with Crippen LogP contribution in [0.15, 0.2) is 53.4 Å². The lowest BCUT2D eigenvalue weighted by Gasteiger charge is -2.18. The van der Waals surface area contributed by atoms with Crippen LogP contribution in [0.3, 0.4) is 0 Å². The van der Waals surface area contributed by atoms with E-state index in [1.807, 2.05) is 12.1 Å². The second-order valence-corrected chi connectivity index (χ2v) is 8.11. The van der Waals surface area contributed by atoms with Gasteiger partial charge < -0.3 is 10.1 Å². The number of nitrogens with zero attached hydrogens (tertiary/aromatic N) is 2. The molecular formula is C21H20N4O5S. The first-order chi connectivity index (χ1) is 14.8. The van der Waals surface area contributed by atoms with Crippen LogP contribution >= 0.6 is 0 Å². The molecule has 0 bridgehead atoms. The molecule has 2 rings (SSSR count). The highest BCUT2D eigenvalue weighted by Crippen LogP contribution is 2.10. The fourth-order valence-electron chi connectivity index (χ4n) is 2.59. The molecular weight excluding hydrogens is 420 g/mol. The Labute approximate surface area is 180 Å². The van der Waals surface area contributed by atoms with E-state index >= 15 is 0 Å². The number of benzene rings is 2. The highest BCUT2D eigenvalue weighted by Gasteiger charge is 2.24. The van der Waals surface area contributed by atoms with Crippen LogP contribution in [0.25, 0.3) is 0 Å². The van der Waals surface area contributed by atoms with Crippen molar-refractivity contribution in [2.45, 2.75) is 24.3 Å². The first kappa shape index (κ1) is 23.5. The van der Waals surface area contributed by atoms with Gasteiger partial charge in [-0.15, -0.1) is 0 Å². The summed E-state index contributed by atoms with van der Waals surface area (Å²) in [6.45, 7) is 1.15. The largest absolute Gasteiger partial charge is 0.464 e. The van der Waals surface area contributed by atoms with E-state index in [4.69, 9.17) is 15.3 Å². The molecule has 10 heteroatoms. The Balaban J connectivity index is 2.04. The molecule has 2 aromatic carbocycles. The van der Waals surface area contributed by atoms with Crippen molar-refractivity contribution in [3.8, 4) is 12.1 Å². The Morgan fingerprint density at radius 2 is 1.55 bits per heavy atom. The van der Waals surface area contributed by atoms with E-state index in [1.54, 1.807) is 31.2 Å². The molecule has 2 aromatic rings. The summed E-state index contributed by atoms with van der Waals surface area (Å²) in [5, 5.41) is 20.1. The molecule has 0 aliphatic carbocycles. The number of hydrogen-bond acceptors (Lipinski definition) is 7. The van der Waals surface area contributed by atoms with Gasteiger partial charge in [0.25, 0.3) is 0 Å². The lowest BCUT2D eigenvalue weighted by Crippen LogP contribution is -2.47. The van der Waals surface area contributed by atoms with Gasteiger partial charge in [-0.05, 0) is 48.9 Å². The molecule has 0 radical (unpaired) electrons. The smallest absolute Gasteiger partial charge is 0.328 e. The average molecular weight is 440 g/mol. The Bertz CT molecular complexity index is 1110. The lowest BCUT2D eigenvalue weighted by molar-refractivity contribution is -0.147. The molecule has 0 spiro atoms. The number of nitrogens with one attached hydrogen (secondary N) is 2. The molecule has 0 saturated heterocycles. The molecule has 0 fully saturated rings. The number of ether oxygens (including phenoxy) is 1. The third-order valence-electron chi connectivity index (χ3n) is 4.15. The summed E-state index contributed by atoms with van der Waals surface area (Å²) in [6, 6.07) is 14.6. The minimum Gasteiger partial charge on any atom is -0.464 e. The predicted octanol–water partition coefficient (Wildman–Crippen LogP) is 0.999. The zero-order chi connectivity index (χ0) is 22.9. The van der Waals surface area contributed by atoms with Gasteiger partial charge in [-0.3, -0.25) is 4.79 Å². The predicted molar refractivity (Wildman–Crippen MR) is 110 cm³/mol. The second kappa shape index (κ2) is 10.9. The minimum absolute atomic E-state index is 0.0983. The van der Waals surface area contributed by atoms with Crippen LogP contribution in [-0.2, 0) is 30.8 Å². The molecule has 31 heavy (non-hydrogen) atoms. The zero-order valence-corrected chi connectivity index (χ0v) is 17.5. The summed E-state index contributed by atoms with van der Waals surface area (Å²) < 4.78 is 31.8. The van der Waals surface area contributed by atoms with Crippen molar-refractivity contribution in [2.24, 2.45) is 0 Å². The van der Waals surface area contributed by atoms with Crippen LogP contribution in [0.4, 0.5) is 0 Å². The maximum Gasteiger partial charge on any atom is 0.328 e. The van der Waals surface area contributed by atoms with Crippen LogP contribution in [0.5, 0.6) is 0 Å². The number of rotatable bonds is 9. The van der Waals surface area contributed by atoms with Gasteiger partial charge in [-0.25, -0.2) is 17.9 Å². The van der Waals surface area contributed by atoms with Crippen LogP contribution < -0.4 is 10.0 Å². The number of nitriles is 2. The topological polar surface area (TPSA) is 149 Å². The van der Waals surface area contributed by atoms with Gasteiger partial charge in [0.1, 0.15) is 6.04 Å². The van der Waals surface area contributed by atoms with Gasteiger partial charge in [0.2, 0.25) is 15.9 Å². The number of sulfonamides is 1. The van der Waals surface area contributed by atoms with E-state index in [0.717, 1.165) is 0 Å². The van der Waals surface area contributed by atoms with Crippen molar-refractivity contribution in [3.63, 3.8) is 0 Å². The van der Waals surface area contributed by atoms with Gasteiger partial charge in [-0.1, -0.05) is 12.1 Å². The standard InChI is InChI=1S/C21H20N4O5S/c1-2-30-21(27)19(11-15-3-5-16(12-22)6-4-15)25-20(26)14-24-31(28,29)18-9-7-17(13-23)8-10-18/h3-10,19,24H,2,11,14H2,1H3,(H,25,26). The van der Waals surface area contributed by atoms with Crippen molar-refractivity contribution in [1.82, 2.24) is 10.0 Å². The van der Waals surface area contributed by atoms with Crippen molar-refractivity contribution in [1.29, 1.82) is 10.5 Å². The molecule has 1 unspecified atom stereocenters. The highest BCUT2D eigenvalue weighted by atomic mass is 32.2. The normalized spacial score (nSPS) is 11.6. The van der Waals surface area contributed by atoms with Crippen LogP contribution in [0.2, 0.25) is 0 Å². The summed E-state index contributed by atoms with van der Waals surface area (Å²) in [6.07, 6.45) is 0.110. The summed E-state index contributed by atoms with van der Waals surface area (Å²) in [5.41, 5.74) is 1.45. The molecule has 1 amide bonds. The quantitative estimate of drug-likeness (QED) is 0.552. The number of esters is 1.